The molecule has 1 fully saturated rings. The van der Waals surface area contributed by atoms with E-state index in [0.29, 0.717) is 18.8 Å². The molecule has 23 heavy (non-hydrogen) atoms. The number of pyridine rings is 1. The highest BCUT2D eigenvalue weighted by molar-refractivity contribution is 5.43. The second kappa shape index (κ2) is 6.45. The average Bonchev–Trinajstić information content (AvgIpc) is 2.52. The first-order valence-corrected chi connectivity index (χ1v) is 7.60. The summed E-state index contributed by atoms with van der Waals surface area (Å²) in [6.07, 6.45) is 4.04. The highest BCUT2D eigenvalue weighted by atomic mass is 19.1. The topological polar surface area (TPSA) is 74.2 Å². The largest absolute Gasteiger partial charge is 0.393 e. The minimum absolute atomic E-state index is 0.111. The van der Waals surface area contributed by atoms with Crippen LogP contribution < -0.4 is 10.2 Å². The van der Waals surface area contributed by atoms with E-state index < -0.39 is 5.82 Å². The zero-order chi connectivity index (χ0) is 16.4. The van der Waals surface area contributed by atoms with Crippen LogP contribution in [0.4, 0.5) is 16.2 Å². The van der Waals surface area contributed by atoms with Crippen LogP contribution >= 0.6 is 0 Å². The maximum Gasteiger partial charge on any atom is 0.225 e. The van der Waals surface area contributed by atoms with Crippen LogP contribution in [0.1, 0.15) is 24.6 Å². The lowest BCUT2D eigenvalue weighted by Crippen LogP contribution is -2.36. The summed E-state index contributed by atoms with van der Waals surface area (Å²) in [6, 6.07) is 5.59. The Morgan fingerprint density at radius 1 is 1.30 bits per heavy atom. The van der Waals surface area contributed by atoms with E-state index in [-0.39, 0.29) is 23.9 Å². The molecule has 2 aromatic heterocycles. The van der Waals surface area contributed by atoms with E-state index in [2.05, 4.69) is 20.3 Å². The van der Waals surface area contributed by atoms with E-state index in [1.807, 2.05) is 18.2 Å². The van der Waals surface area contributed by atoms with E-state index in [0.717, 1.165) is 11.9 Å². The Labute approximate surface area is 134 Å². The number of anilines is 2. The summed E-state index contributed by atoms with van der Waals surface area (Å²) < 4.78 is 13.7. The van der Waals surface area contributed by atoms with Crippen LogP contribution in [0.15, 0.2) is 30.6 Å². The lowest BCUT2D eigenvalue weighted by atomic mass is 9.76. The van der Waals surface area contributed by atoms with E-state index in [4.69, 9.17) is 0 Å². The number of rotatable bonds is 5. The Morgan fingerprint density at radius 2 is 2.09 bits per heavy atom. The molecule has 2 N–H and O–H groups in total. The number of hydrogen-bond donors (Lipinski definition) is 2. The van der Waals surface area contributed by atoms with Crippen LogP contribution in [-0.4, -0.2) is 40.3 Å². The van der Waals surface area contributed by atoms with Gasteiger partial charge in [0, 0.05) is 20.3 Å². The molecule has 6 nitrogen and oxygen atoms in total. The number of nitrogens with one attached hydrogen (secondary N) is 1. The third-order valence-electron chi connectivity index (χ3n) is 4.06. The fourth-order valence-corrected chi connectivity index (χ4v) is 2.78. The normalized spacial score (nSPS) is 21.4. The van der Waals surface area contributed by atoms with Gasteiger partial charge in [-0.05, 0) is 30.9 Å². The van der Waals surface area contributed by atoms with Gasteiger partial charge in [0.15, 0.2) is 11.6 Å². The highest BCUT2D eigenvalue weighted by Crippen LogP contribution is 2.39. The molecule has 2 aromatic rings. The fourth-order valence-electron chi connectivity index (χ4n) is 2.78. The van der Waals surface area contributed by atoms with Crippen molar-refractivity contribution < 1.29 is 9.50 Å². The highest BCUT2D eigenvalue weighted by Gasteiger charge is 2.36. The molecule has 0 radical (unpaired) electrons. The maximum absolute atomic E-state index is 13.7. The summed E-state index contributed by atoms with van der Waals surface area (Å²) in [6.45, 7) is 0. The Balaban J connectivity index is 1.85. The molecule has 0 aromatic carbocycles. The van der Waals surface area contributed by atoms with Gasteiger partial charge in [-0.3, -0.25) is 4.98 Å². The molecule has 0 saturated heterocycles. The van der Waals surface area contributed by atoms with Crippen molar-refractivity contribution in [3.63, 3.8) is 0 Å². The predicted molar refractivity (Wildman–Crippen MR) is 85.6 cm³/mol. The van der Waals surface area contributed by atoms with Crippen molar-refractivity contribution in [3.8, 4) is 0 Å². The molecule has 0 bridgehead atoms. The van der Waals surface area contributed by atoms with Crippen molar-refractivity contribution >= 4 is 11.8 Å². The van der Waals surface area contributed by atoms with Crippen molar-refractivity contribution in [2.75, 3.05) is 24.3 Å². The maximum atomic E-state index is 13.7. The van der Waals surface area contributed by atoms with Gasteiger partial charge in [0.05, 0.1) is 24.0 Å². The molecule has 0 unspecified atom stereocenters. The van der Waals surface area contributed by atoms with Crippen molar-refractivity contribution in [1.29, 1.82) is 0 Å². The first kappa shape index (κ1) is 15.6. The lowest BCUT2D eigenvalue weighted by Gasteiger charge is -2.37. The minimum atomic E-state index is -0.464. The molecule has 122 valence electrons. The summed E-state index contributed by atoms with van der Waals surface area (Å²) in [5, 5.41) is 12.8. The van der Waals surface area contributed by atoms with Gasteiger partial charge < -0.3 is 15.3 Å². The zero-order valence-electron chi connectivity index (χ0n) is 13.1. The van der Waals surface area contributed by atoms with Crippen molar-refractivity contribution in [2.45, 2.75) is 25.0 Å². The summed E-state index contributed by atoms with van der Waals surface area (Å²) in [4.78, 5) is 14.3. The van der Waals surface area contributed by atoms with Crippen LogP contribution in [0, 0.1) is 11.7 Å². The fraction of sp³-hybridized carbons (Fsp3) is 0.438. The molecule has 1 aliphatic rings. The number of aliphatic hydroxyl groups is 1. The number of nitrogens with zero attached hydrogens (tertiary/aromatic N) is 4. The van der Waals surface area contributed by atoms with Gasteiger partial charge in [0.2, 0.25) is 5.95 Å². The second-order valence-electron chi connectivity index (χ2n) is 6.02. The summed E-state index contributed by atoms with van der Waals surface area (Å²) >= 11 is 0. The molecule has 0 spiro atoms. The summed E-state index contributed by atoms with van der Waals surface area (Å²) in [7, 11) is 3.46. The molecule has 1 atom stereocenters. The summed E-state index contributed by atoms with van der Waals surface area (Å²) in [5.74, 6) is 0.369. The molecular weight excluding hydrogens is 297 g/mol. The molecule has 2 heterocycles. The van der Waals surface area contributed by atoms with Crippen LogP contribution in [0.5, 0.6) is 0 Å². The van der Waals surface area contributed by atoms with Gasteiger partial charge in [-0.15, -0.1) is 0 Å². The summed E-state index contributed by atoms with van der Waals surface area (Å²) in [5.41, 5.74) is 0.865. The Morgan fingerprint density at radius 3 is 2.70 bits per heavy atom. The first-order valence-electron chi connectivity index (χ1n) is 7.60. The van der Waals surface area contributed by atoms with Gasteiger partial charge in [0.25, 0.3) is 0 Å². The molecule has 1 aliphatic carbocycles. The Hall–Kier alpha value is -2.28. The molecular formula is C16H20FN5O. The van der Waals surface area contributed by atoms with Gasteiger partial charge in [-0.2, -0.15) is 4.98 Å². The number of aliphatic hydroxyl groups excluding tert-OH is 1. The molecule has 1 saturated carbocycles. The minimum Gasteiger partial charge on any atom is -0.393 e. The molecule has 0 aliphatic heterocycles. The van der Waals surface area contributed by atoms with Gasteiger partial charge in [-0.1, -0.05) is 6.07 Å². The van der Waals surface area contributed by atoms with E-state index in [1.54, 1.807) is 25.2 Å². The number of halogens is 1. The standard InChI is InChI=1S/C16H20FN5O/c1-22(2)15-12(17)9-19-16(21-15)20-14(10-7-11(23)8-10)13-5-3-4-6-18-13/h3-6,9-11,14,23H,7-8H2,1-2H3,(H,19,20,21)/t10?,11?,14-/m0/s1. The first-order chi connectivity index (χ1) is 11.0. The lowest BCUT2D eigenvalue weighted by molar-refractivity contribution is 0.0333. The van der Waals surface area contributed by atoms with Gasteiger partial charge in [-0.25, -0.2) is 9.37 Å². The zero-order valence-corrected chi connectivity index (χ0v) is 13.1. The van der Waals surface area contributed by atoms with Gasteiger partial charge >= 0.3 is 0 Å². The van der Waals surface area contributed by atoms with Crippen LogP contribution in [-0.2, 0) is 0 Å². The smallest absolute Gasteiger partial charge is 0.225 e. The number of hydrogen-bond acceptors (Lipinski definition) is 6. The molecule has 7 heteroatoms. The van der Waals surface area contributed by atoms with Gasteiger partial charge in [0.1, 0.15) is 0 Å². The van der Waals surface area contributed by atoms with Crippen molar-refractivity contribution in [2.24, 2.45) is 5.92 Å². The van der Waals surface area contributed by atoms with E-state index >= 15 is 0 Å². The SMILES string of the molecule is CN(C)c1nc(N[C@H](c2ccccn2)C2CC(O)C2)ncc1F. The van der Waals surface area contributed by atoms with Crippen LogP contribution in [0.25, 0.3) is 0 Å². The second-order valence-corrected chi connectivity index (χ2v) is 6.02. The van der Waals surface area contributed by atoms with Crippen LogP contribution in [0.3, 0.4) is 0 Å². The quantitative estimate of drug-likeness (QED) is 0.878. The van der Waals surface area contributed by atoms with Crippen LogP contribution in [0.2, 0.25) is 0 Å². The van der Waals surface area contributed by atoms with E-state index in [1.165, 1.54) is 0 Å². The Bertz CT molecular complexity index is 661. The van der Waals surface area contributed by atoms with E-state index in [9.17, 15) is 9.50 Å². The average molecular weight is 317 g/mol. The molecule has 0 amide bonds. The monoisotopic (exact) mass is 317 g/mol. The predicted octanol–water partition coefficient (Wildman–Crippen LogP) is 2.00. The third-order valence-corrected chi connectivity index (χ3v) is 4.06. The Kier molecular flexibility index (Phi) is 4.38. The molecule has 3 rings (SSSR count). The van der Waals surface area contributed by atoms with Crippen molar-refractivity contribution in [1.82, 2.24) is 15.0 Å². The number of aromatic nitrogens is 3. The van der Waals surface area contributed by atoms with Crippen molar-refractivity contribution in [3.05, 3.63) is 42.1 Å². The third kappa shape index (κ3) is 3.39.